The first kappa shape index (κ1) is 17.3. The number of nitrogens with one attached hydrogen (secondary N) is 1. The number of hydrogen-bond acceptors (Lipinski definition) is 3. The SMILES string of the molecule is CCN(CC1CCC1)C(=O)N[C@H](CCCC(=O)O)C(=O)O. The summed E-state index contributed by atoms with van der Waals surface area (Å²) in [6, 6.07) is -1.42. The van der Waals surface area contributed by atoms with Crippen LogP contribution in [0, 0.1) is 5.92 Å². The van der Waals surface area contributed by atoms with Crippen LogP contribution in [0.2, 0.25) is 0 Å². The van der Waals surface area contributed by atoms with E-state index >= 15 is 0 Å². The van der Waals surface area contributed by atoms with Crippen molar-refractivity contribution in [2.45, 2.75) is 51.5 Å². The van der Waals surface area contributed by atoms with Crippen molar-refractivity contribution in [2.75, 3.05) is 13.1 Å². The first-order valence-corrected chi connectivity index (χ1v) is 7.44. The Balaban J connectivity index is 2.44. The van der Waals surface area contributed by atoms with Crippen molar-refractivity contribution < 1.29 is 24.6 Å². The predicted octanol–water partition coefficient (Wildman–Crippen LogP) is 1.53. The average molecular weight is 300 g/mol. The molecule has 7 nitrogen and oxygen atoms in total. The number of aliphatic carboxylic acids is 2. The van der Waals surface area contributed by atoms with Crippen molar-refractivity contribution in [3.63, 3.8) is 0 Å². The summed E-state index contributed by atoms with van der Waals surface area (Å²) in [5.74, 6) is -1.58. The quantitative estimate of drug-likeness (QED) is 0.598. The van der Waals surface area contributed by atoms with E-state index in [1.54, 1.807) is 4.90 Å². The first-order chi connectivity index (χ1) is 9.93. The molecule has 0 aromatic carbocycles. The zero-order valence-electron chi connectivity index (χ0n) is 12.4. The fraction of sp³-hybridized carbons (Fsp3) is 0.786. The summed E-state index contributed by atoms with van der Waals surface area (Å²) in [4.78, 5) is 35.3. The third kappa shape index (κ3) is 6.01. The van der Waals surface area contributed by atoms with Gasteiger partial charge >= 0.3 is 18.0 Å². The van der Waals surface area contributed by atoms with Crippen molar-refractivity contribution in [3.05, 3.63) is 0 Å². The zero-order chi connectivity index (χ0) is 15.8. The number of carbonyl (C=O) groups excluding carboxylic acids is 1. The van der Waals surface area contributed by atoms with Crippen LogP contribution < -0.4 is 5.32 Å². The molecule has 0 radical (unpaired) electrons. The molecule has 1 rings (SSSR count). The molecule has 1 aliphatic rings. The summed E-state index contributed by atoms with van der Waals surface area (Å²) in [5, 5.41) is 20.2. The fourth-order valence-corrected chi connectivity index (χ4v) is 2.30. The van der Waals surface area contributed by atoms with Crippen LogP contribution in [0.4, 0.5) is 4.79 Å². The van der Waals surface area contributed by atoms with E-state index in [0.29, 0.717) is 19.0 Å². The maximum Gasteiger partial charge on any atom is 0.326 e. The molecule has 1 aliphatic carbocycles. The second-order valence-electron chi connectivity index (χ2n) is 5.46. The number of carboxylic acids is 2. The molecule has 0 aliphatic heterocycles. The number of urea groups is 1. The fourth-order valence-electron chi connectivity index (χ4n) is 2.30. The Bertz CT molecular complexity index is 382. The largest absolute Gasteiger partial charge is 0.481 e. The van der Waals surface area contributed by atoms with Crippen LogP contribution in [0.3, 0.4) is 0 Å². The van der Waals surface area contributed by atoms with Gasteiger partial charge in [-0.05, 0) is 38.5 Å². The molecule has 7 heteroatoms. The standard InChI is InChI=1S/C14H24N2O5/c1-2-16(9-10-5-3-6-10)14(21)15-11(13(19)20)7-4-8-12(17)18/h10-11H,2-9H2,1H3,(H,15,21)(H,17,18)(H,19,20)/t11-/m1/s1. The molecule has 1 fully saturated rings. The Hall–Kier alpha value is -1.79. The summed E-state index contributed by atoms with van der Waals surface area (Å²) >= 11 is 0. The summed E-state index contributed by atoms with van der Waals surface area (Å²) in [5.41, 5.74) is 0. The Morgan fingerprint density at radius 1 is 1.29 bits per heavy atom. The minimum atomic E-state index is -1.13. The predicted molar refractivity (Wildman–Crippen MR) is 76.0 cm³/mol. The molecule has 1 saturated carbocycles. The van der Waals surface area contributed by atoms with Gasteiger partial charge in [0.25, 0.3) is 0 Å². The van der Waals surface area contributed by atoms with Gasteiger partial charge in [-0.1, -0.05) is 6.42 Å². The Kier molecular flexibility index (Phi) is 6.98. The van der Waals surface area contributed by atoms with E-state index in [1.165, 1.54) is 6.42 Å². The number of rotatable bonds is 9. The number of carboxylic acid groups (broad SMARTS) is 2. The van der Waals surface area contributed by atoms with Gasteiger partial charge < -0.3 is 20.4 Å². The molecule has 0 unspecified atom stereocenters. The van der Waals surface area contributed by atoms with E-state index < -0.39 is 18.0 Å². The van der Waals surface area contributed by atoms with Gasteiger partial charge in [0, 0.05) is 19.5 Å². The van der Waals surface area contributed by atoms with Gasteiger partial charge in [0.05, 0.1) is 0 Å². The molecule has 0 saturated heterocycles. The maximum atomic E-state index is 12.1. The van der Waals surface area contributed by atoms with E-state index in [-0.39, 0.29) is 25.3 Å². The van der Waals surface area contributed by atoms with Gasteiger partial charge in [0.2, 0.25) is 0 Å². The monoisotopic (exact) mass is 300 g/mol. The summed E-state index contributed by atoms with van der Waals surface area (Å²) in [6.07, 6.45) is 3.67. The van der Waals surface area contributed by atoms with Gasteiger partial charge in [0.1, 0.15) is 6.04 Å². The van der Waals surface area contributed by atoms with E-state index in [1.807, 2.05) is 6.92 Å². The van der Waals surface area contributed by atoms with Gasteiger partial charge in [-0.2, -0.15) is 0 Å². The van der Waals surface area contributed by atoms with Crippen LogP contribution in [-0.2, 0) is 9.59 Å². The lowest BCUT2D eigenvalue weighted by Gasteiger charge is -2.32. The lowest BCUT2D eigenvalue weighted by atomic mass is 9.85. The van der Waals surface area contributed by atoms with Crippen LogP contribution in [0.25, 0.3) is 0 Å². The van der Waals surface area contributed by atoms with Gasteiger partial charge in [-0.15, -0.1) is 0 Å². The molecular weight excluding hydrogens is 276 g/mol. The third-order valence-electron chi connectivity index (χ3n) is 3.85. The van der Waals surface area contributed by atoms with Gasteiger partial charge in [0.15, 0.2) is 0 Å². The van der Waals surface area contributed by atoms with Crippen molar-refractivity contribution in [2.24, 2.45) is 5.92 Å². The molecule has 0 aromatic heterocycles. The van der Waals surface area contributed by atoms with Crippen molar-refractivity contribution in [3.8, 4) is 0 Å². The normalized spacial score (nSPS) is 15.9. The second kappa shape index (κ2) is 8.49. The van der Waals surface area contributed by atoms with E-state index in [9.17, 15) is 14.4 Å². The smallest absolute Gasteiger partial charge is 0.326 e. The zero-order valence-corrected chi connectivity index (χ0v) is 12.4. The van der Waals surface area contributed by atoms with Gasteiger partial charge in [-0.25, -0.2) is 9.59 Å². The van der Waals surface area contributed by atoms with Crippen molar-refractivity contribution in [1.29, 1.82) is 0 Å². The molecular formula is C14H24N2O5. The molecule has 2 amide bonds. The Labute approximate surface area is 124 Å². The topological polar surface area (TPSA) is 107 Å². The Morgan fingerprint density at radius 2 is 1.95 bits per heavy atom. The highest BCUT2D eigenvalue weighted by molar-refractivity contribution is 5.82. The molecule has 120 valence electrons. The molecule has 21 heavy (non-hydrogen) atoms. The van der Waals surface area contributed by atoms with E-state index in [4.69, 9.17) is 10.2 Å². The van der Waals surface area contributed by atoms with Crippen LogP contribution in [0.5, 0.6) is 0 Å². The minimum absolute atomic E-state index is 0.0980. The lowest BCUT2D eigenvalue weighted by molar-refractivity contribution is -0.140. The number of carbonyl (C=O) groups is 3. The highest BCUT2D eigenvalue weighted by Gasteiger charge is 2.26. The average Bonchev–Trinajstić information content (AvgIpc) is 2.35. The van der Waals surface area contributed by atoms with Crippen LogP contribution >= 0.6 is 0 Å². The summed E-state index contributed by atoms with van der Waals surface area (Å²) in [7, 11) is 0. The molecule has 1 atom stereocenters. The maximum absolute atomic E-state index is 12.1. The second-order valence-corrected chi connectivity index (χ2v) is 5.46. The number of amides is 2. The van der Waals surface area contributed by atoms with E-state index in [0.717, 1.165) is 12.8 Å². The van der Waals surface area contributed by atoms with Crippen LogP contribution in [0.1, 0.15) is 45.4 Å². The van der Waals surface area contributed by atoms with Gasteiger partial charge in [-0.3, -0.25) is 4.79 Å². The summed E-state index contributed by atoms with van der Waals surface area (Å²) < 4.78 is 0. The molecule has 0 spiro atoms. The van der Waals surface area contributed by atoms with Crippen molar-refractivity contribution >= 4 is 18.0 Å². The molecule has 0 bridgehead atoms. The molecule has 0 heterocycles. The van der Waals surface area contributed by atoms with E-state index in [2.05, 4.69) is 5.32 Å². The highest BCUT2D eigenvalue weighted by Crippen LogP contribution is 2.27. The molecule has 3 N–H and O–H groups in total. The first-order valence-electron chi connectivity index (χ1n) is 7.44. The van der Waals surface area contributed by atoms with Crippen LogP contribution in [-0.4, -0.2) is 52.2 Å². The number of hydrogen-bond donors (Lipinski definition) is 3. The summed E-state index contributed by atoms with van der Waals surface area (Å²) in [6.45, 7) is 3.05. The number of nitrogens with zero attached hydrogens (tertiary/aromatic N) is 1. The lowest BCUT2D eigenvalue weighted by Crippen LogP contribution is -2.49. The minimum Gasteiger partial charge on any atom is -0.481 e. The van der Waals surface area contributed by atoms with Crippen LogP contribution in [0.15, 0.2) is 0 Å². The molecule has 0 aromatic rings. The Morgan fingerprint density at radius 3 is 2.38 bits per heavy atom. The third-order valence-corrected chi connectivity index (χ3v) is 3.85. The highest BCUT2D eigenvalue weighted by atomic mass is 16.4. The van der Waals surface area contributed by atoms with Crippen molar-refractivity contribution in [1.82, 2.24) is 10.2 Å².